The van der Waals surface area contributed by atoms with Crippen LogP contribution in [0.1, 0.15) is 38.7 Å². The summed E-state index contributed by atoms with van der Waals surface area (Å²) in [6, 6.07) is 6.82. The van der Waals surface area contributed by atoms with Crippen molar-refractivity contribution in [1.82, 2.24) is 16.0 Å². The molecule has 0 aliphatic rings. The Morgan fingerprint density at radius 1 is 1.04 bits per heavy atom. The molecule has 2 atom stereocenters. The molecule has 0 fully saturated rings. The van der Waals surface area contributed by atoms with Crippen LogP contribution in [0.4, 0.5) is 4.79 Å². The second kappa shape index (κ2) is 12.7. The molecule has 156 valence electrons. The molecule has 0 aromatic heterocycles. The Morgan fingerprint density at radius 2 is 1.68 bits per heavy atom. The Kier molecular flexibility index (Phi) is 10.6. The fourth-order valence-electron chi connectivity index (χ4n) is 2.60. The summed E-state index contributed by atoms with van der Waals surface area (Å²) in [6.07, 6.45) is 1.86. The Morgan fingerprint density at radius 3 is 2.25 bits per heavy atom. The van der Waals surface area contributed by atoms with E-state index in [-0.39, 0.29) is 18.2 Å². The molecule has 0 heterocycles. The van der Waals surface area contributed by atoms with Crippen molar-refractivity contribution in [2.45, 2.75) is 51.6 Å². The first kappa shape index (κ1) is 23.4. The summed E-state index contributed by atoms with van der Waals surface area (Å²) < 4.78 is 0. The number of aliphatic carboxylic acids is 1. The number of carboxylic acid groups (broad SMARTS) is 1. The molecule has 0 aliphatic heterocycles. The Hall–Kier alpha value is -2.61. The molecule has 0 saturated carbocycles. The van der Waals surface area contributed by atoms with Gasteiger partial charge in [0.25, 0.3) is 0 Å². The van der Waals surface area contributed by atoms with E-state index in [0.717, 1.165) is 5.56 Å². The average molecular weight is 393 g/mol. The Bertz CT molecular complexity index is 622. The average Bonchev–Trinajstić information content (AvgIpc) is 2.65. The highest BCUT2D eigenvalue weighted by molar-refractivity contribution is 5.89. The van der Waals surface area contributed by atoms with E-state index in [1.165, 1.54) is 0 Å². The summed E-state index contributed by atoms with van der Waals surface area (Å²) in [5.41, 5.74) is 6.32. The summed E-state index contributed by atoms with van der Waals surface area (Å²) in [5, 5.41) is 17.2. The molecular weight excluding hydrogens is 360 g/mol. The molecule has 0 radical (unpaired) electrons. The minimum Gasteiger partial charge on any atom is -0.480 e. The van der Waals surface area contributed by atoms with Crippen molar-refractivity contribution in [2.24, 2.45) is 11.7 Å². The van der Waals surface area contributed by atoms with E-state index in [9.17, 15) is 19.5 Å². The van der Waals surface area contributed by atoms with Crippen molar-refractivity contribution in [3.63, 3.8) is 0 Å². The van der Waals surface area contributed by atoms with E-state index < -0.39 is 24.1 Å². The summed E-state index contributed by atoms with van der Waals surface area (Å²) in [7, 11) is 0. The number of urea groups is 1. The van der Waals surface area contributed by atoms with Crippen molar-refractivity contribution >= 4 is 17.9 Å². The molecule has 0 spiro atoms. The molecule has 6 N–H and O–H groups in total. The van der Waals surface area contributed by atoms with Gasteiger partial charge in [-0.1, -0.05) is 44.2 Å². The molecule has 8 nitrogen and oxygen atoms in total. The van der Waals surface area contributed by atoms with Crippen LogP contribution in [0.15, 0.2) is 30.3 Å². The standard InChI is InChI=1S/C20H32N4O4/c1-14(2)13-22-18(25)17(12-15-8-4-3-5-9-15)24-20(28)23-16(19(26)27)10-6-7-11-21/h3-5,8-9,14,16-17H,6-7,10-13,21H2,1-2H3,(H,22,25)(H,26,27)(H2,23,24,28)/t16?,17-/m1/s1. The first-order valence-corrected chi connectivity index (χ1v) is 9.65. The van der Waals surface area contributed by atoms with Crippen LogP contribution in [-0.4, -0.2) is 48.2 Å². The molecule has 0 saturated heterocycles. The lowest BCUT2D eigenvalue weighted by Crippen LogP contribution is -2.54. The molecule has 1 rings (SSSR count). The van der Waals surface area contributed by atoms with Crippen molar-refractivity contribution in [2.75, 3.05) is 13.1 Å². The number of hydrogen-bond donors (Lipinski definition) is 5. The third kappa shape index (κ3) is 9.36. The SMILES string of the molecule is CC(C)CNC(=O)[C@@H](Cc1ccccc1)NC(=O)NC(CCCCN)C(=O)O. The fraction of sp³-hybridized carbons (Fsp3) is 0.550. The van der Waals surface area contributed by atoms with Gasteiger partial charge in [0.2, 0.25) is 5.91 Å². The number of rotatable bonds is 12. The highest BCUT2D eigenvalue weighted by Crippen LogP contribution is 2.05. The van der Waals surface area contributed by atoms with Gasteiger partial charge in [-0.3, -0.25) is 4.79 Å². The van der Waals surface area contributed by atoms with Gasteiger partial charge in [0.1, 0.15) is 12.1 Å². The minimum absolute atomic E-state index is 0.272. The van der Waals surface area contributed by atoms with Crippen molar-refractivity contribution in [3.05, 3.63) is 35.9 Å². The predicted octanol–water partition coefficient (Wildman–Crippen LogP) is 1.25. The van der Waals surface area contributed by atoms with Gasteiger partial charge in [-0.2, -0.15) is 0 Å². The third-order valence-electron chi connectivity index (χ3n) is 4.14. The lowest BCUT2D eigenvalue weighted by Gasteiger charge is -2.21. The number of benzene rings is 1. The van der Waals surface area contributed by atoms with Gasteiger partial charge in [0.15, 0.2) is 0 Å². The predicted molar refractivity (Wildman–Crippen MR) is 108 cm³/mol. The lowest BCUT2D eigenvalue weighted by molar-refractivity contribution is -0.139. The number of amides is 3. The van der Waals surface area contributed by atoms with E-state index >= 15 is 0 Å². The molecule has 8 heteroatoms. The zero-order chi connectivity index (χ0) is 20.9. The lowest BCUT2D eigenvalue weighted by atomic mass is 10.0. The van der Waals surface area contributed by atoms with Crippen LogP contribution in [0.25, 0.3) is 0 Å². The highest BCUT2D eigenvalue weighted by Gasteiger charge is 2.24. The maximum Gasteiger partial charge on any atom is 0.326 e. The fourth-order valence-corrected chi connectivity index (χ4v) is 2.60. The quantitative estimate of drug-likeness (QED) is 0.341. The van der Waals surface area contributed by atoms with E-state index in [1.807, 2.05) is 44.2 Å². The van der Waals surface area contributed by atoms with Gasteiger partial charge >= 0.3 is 12.0 Å². The smallest absolute Gasteiger partial charge is 0.326 e. The van der Waals surface area contributed by atoms with Gasteiger partial charge in [0.05, 0.1) is 0 Å². The van der Waals surface area contributed by atoms with E-state index in [2.05, 4.69) is 16.0 Å². The molecule has 3 amide bonds. The Balaban J connectivity index is 2.75. The van der Waals surface area contributed by atoms with Gasteiger partial charge in [-0.05, 0) is 37.3 Å². The number of hydrogen-bond acceptors (Lipinski definition) is 4. The number of carbonyl (C=O) groups excluding carboxylic acids is 2. The number of carbonyl (C=O) groups is 3. The summed E-state index contributed by atoms with van der Waals surface area (Å²) in [6.45, 7) is 4.91. The molecule has 0 aliphatic carbocycles. The van der Waals surface area contributed by atoms with E-state index in [0.29, 0.717) is 32.4 Å². The van der Waals surface area contributed by atoms with Crippen molar-refractivity contribution < 1.29 is 19.5 Å². The van der Waals surface area contributed by atoms with Crippen molar-refractivity contribution in [3.8, 4) is 0 Å². The number of carboxylic acids is 1. The van der Waals surface area contributed by atoms with Gasteiger partial charge in [0, 0.05) is 13.0 Å². The summed E-state index contributed by atoms with van der Waals surface area (Å²) in [5.74, 6) is -1.15. The van der Waals surface area contributed by atoms with Gasteiger partial charge in [-0.25, -0.2) is 9.59 Å². The highest BCUT2D eigenvalue weighted by atomic mass is 16.4. The van der Waals surface area contributed by atoms with Crippen LogP contribution in [0, 0.1) is 5.92 Å². The molecule has 1 aromatic carbocycles. The van der Waals surface area contributed by atoms with Crippen LogP contribution < -0.4 is 21.7 Å². The topological polar surface area (TPSA) is 134 Å². The zero-order valence-electron chi connectivity index (χ0n) is 16.6. The molecule has 1 unspecified atom stereocenters. The second-order valence-electron chi connectivity index (χ2n) is 7.17. The summed E-state index contributed by atoms with van der Waals surface area (Å²) in [4.78, 5) is 36.2. The number of nitrogens with one attached hydrogen (secondary N) is 3. The Labute approximate surface area is 166 Å². The maximum absolute atomic E-state index is 12.5. The second-order valence-corrected chi connectivity index (χ2v) is 7.17. The van der Waals surface area contributed by atoms with E-state index in [1.54, 1.807) is 0 Å². The first-order valence-electron chi connectivity index (χ1n) is 9.65. The summed E-state index contributed by atoms with van der Waals surface area (Å²) >= 11 is 0. The molecule has 1 aromatic rings. The van der Waals surface area contributed by atoms with Crippen LogP contribution >= 0.6 is 0 Å². The maximum atomic E-state index is 12.5. The monoisotopic (exact) mass is 392 g/mol. The van der Waals surface area contributed by atoms with Crippen LogP contribution in [-0.2, 0) is 16.0 Å². The van der Waals surface area contributed by atoms with Crippen LogP contribution in [0.5, 0.6) is 0 Å². The third-order valence-corrected chi connectivity index (χ3v) is 4.14. The largest absolute Gasteiger partial charge is 0.480 e. The van der Waals surface area contributed by atoms with Crippen molar-refractivity contribution in [1.29, 1.82) is 0 Å². The molecule has 0 bridgehead atoms. The minimum atomic E-state index is -1.11. The molecular formula is C20H32N4O4. The molecule has 28 heavy (non-hydrogen) atoms. The van der Waals surface area contributed by atoms with Gasteiger partial charge < -0.3 is 26.8 Å². The van der Waals surface area contributed by atoms with E-state index in [4.69, 9.17) is 5.73 Å². The van der Waals surface area contributed by atoms with Crippen LogP contribution in [0.2, 0.25) is 0 Å². The zero-order valence-corrected chi connectivity index (χ0v) is 16.6. The first-order chi connectivity index (χ1) is 13.3. The normalized spacial score (nSPS) is 12.9. The van der Waals surface area contributed by atoms with Crippen LogP contribution in [0.3, 0.4) is 0 Å². The number of nitrogens with two attached hydrogens (primary N) is 1. The number of unbranched alkanes of at least 4 members (excludes halogenated alkanes) is 1. The van der Waals surface area contributed by atoms with Gasteiger partial charge in [-0.15, -0.1) is 0 Å².